The zero-order chi connectivity index (χ0) is 25.1. The fourth-order valence-electron chi connectivity index (χ4n) is 4.24. The van der Waals surface area contributed by atoms with Gasteiger partial charge in [-0.05, 0) is 19.9 Å². The Morgan fingerprint density at radius 1 is 1.17 bits per heavy atom. The van der Waals surface area contributed by atoms with Crippen LogP contribution in [0.25, 0.3) is 10.9 Å². The summed E-state index contributed by atoms with van der Waals surface area (Å²) >= 11 is 0. The Hall–Kier alpha value is -3.47. The van der Waals surface area contributed by atoms with Crippen molar-refractivity contribution in [2.75, 3.05) is 42.9 Å². The van der Waals surface area contributed by atoms with Crippen molar-refractivity contribution >= 4 is 28.4 Å². The van der Waals surface area contributed by atoms with Gasteiger partial charge < -0.3 is 20.9 Å². The largest absolute Gasteiger partial charge is 0.363 e. The fourth-order valence-corrected chi connectivity index (χ4v) is 4.24. The molecule has 1 aromatic carbocycles. The number of aromatic nitrogens is 3. The molecule has 1 saturated heterocycles. The number of piperazine rings is 1. The van der Waals surface area contributed by atoms with Gasteiger partial charge in [-0.3, -0.25) is 4.79 Å². The molecule has 1 atom stereocenters. The highest BCUT2D eigenvalue weighted by molar-refractivity contribution is 5.90. The van der Waals surface area contributed by atoms with Crippen LogP contribution in [0.4, 0.5) is 24.8 Å². The molecule has 2 aromatic heterocycles. The van der Waals surface area contributed by atoms with Crippen LogP contribution in [0.2, 0.25) is 0 Å². The van der Waals surface area contributed by atoms with Gasteiger partial charge in [0.05, 0.1) is 23.3 Å². The maximum atomic E-state index is 14.7. The number of carbonyl (C=O) groups excluding carboxylic acids is 1. The summed E-state index contributed by atoms with van der Waals surface area (Å²) < 4.78 is 41.0. The third-order valence-corrected chi connectivity index (χ3v) is 6.11. The molecule has 8 nitrogen and oxygen atoms in total. The average molecular weight is 488 g/mol. The van der Waals surface area contributed by atoms with E-state index in [1.165, 1.54) is 12.1 Å². The van der Waals surface area contributed by atoms with Crippen LogP contribution in [0, 0.1) is 12.7 Å². The Balaban J connectivity index is 1.59. The van der Waals surface area contributed by atoms with Gasteiger partial charge in [0.15, 0.2) is 0 Å². The molecule has 4 rings (SSSR count). The van der Waals surface area contributed by atoms with E-state index in [4.69, 9.17) is 5.73 Å². The molecular weight excluding hydrogens is 459 g/mol. The first kappa shape index (κ1) is 24.6. The third-order valence-electron chi connectivity index (χ3n) is 6.11. The highest BCUT2D eigenvalue weighted by atomic mass is 19.3. The van der Waals surface area contributed by atoms with Gasteiger partial charge in [-0.2, -0.15) is 0 Å². The molecule has 0 radical (unpaired) electrons. The zero-order valence-corrected chi connectivity index (χ0v) is 19.6. The summed E-state index contributed by atoms with van der Waals surface area (Å²) in [5.74, 6) is 0.781. The average Bonchev–Trinajstić information content (AvgIpc) is 2.84. The topological polar surface area (TPSA) is 100 Å². The van der Waals surface area contributed by atoms with Gasteiger partial charge >= 0.3 is 0 Å². The summed E-state index contributed by atoms with van der Waals surface area (Å²) in [5, 5.41) is 3.85. The van der Waals surface area contributed by atoms with E-state index in [0.29, 0.717) is 67.5 Å². The number of aryl methyl sites for hydroxylation is 1. The van der Waals surface area contributed by atoms with E-state index in [0.717, 1.165) is 6.07 Å². The first-order chi connectivity index (χ1) is 16.8. The number of rotatable bonds is 7. The van der Waals surface area contributed by atoms with E-state index in [-0.39, 0.29) is 11.5 Å². The minimum atomic E-state index is -2.90. The highest BCUT2D eigenvalue weighted by Crippen LogP contribution is 2.31. The minimum Gasteiger partial charge on any atom is -0.363 e. The predicted molar refractivity (Wildman–Crippen MR) is 128 cm³/mol. The molecule has 0 aliphatic carbocycles. The van der Waals surface area contributed by atoms with E-state index >= 15 is 0 Å². The quantitative estimate of drug-likeness (QED) is 0.525. The first-order valence-electron chi connectivity index (χ1n) is 11.5. The lowest BCUT2D eigenvalue weighted by Crippen LogP contribution is -2.49. The zero-order valence-electron chi connectivity index (χ0n) is 19.6. The van der Waals surface area contributed by atoms with E-state index in [2.05, 4.69) is 25.2 Å². The van der Waals surface area contributed by atoms with Crippen LogP contribution >= 0.6 is 0 Å². The second-order valence-corrected chi connectivity index (χ2v) is 8.50. The lowest BCUT2D eigenvalue weighted by molar-refractivity contribution is -0.131. The summed E-state index contributed by atoms with van der Waals surface area (Å²) in [6, 6.07) is 5.21. The Morgan fingerprint density at radius 2 is 1.89 bits per heavy atom. The van der Waals surface area contributed by atoms with Crippen molar-refractivity contribution in [3.8, 4) is 0 Å². The fraction of sp³-hybridized carbons (Fsp3) is 0.417. The molecule has 3 N–H and O–H groups in total. The van der Waals surface area contributed by atoms with Gasteiger partial charge in [-0.1, -0.05) is 18.2 Å². The molecule has 0 bridgehead atoms. The van der Waals surface area contributed by atoms with Crippen molar-refractivity contribution in [3.05, 3.63) is 53.2 Å². The Morgan fingerprint density at radius 3 is 2.57 bits per heavy atom. The van der Waals surface area contributed by atoms with Crippen molar-refractivity contribution < 1.29 is 18.0 Å². The Bertz CT molecular complexity index is 1220. The van der Waals surface area contributed by atoms with Crippen molar-refractivity contribution in [2.45, 2.75) is 32.7 Å². The maximum absolute atomic E-state index is 14.7. The number of carbonyl (C=O) groups is 1. The van der Waals surface area contributed by atoms with Gasteiger partial charge in [0, 0.05) is 50.1 Å². The minimum absolute atomic E-state index is 0.0473. The maximum Gasteiger partial charge on any atom is 0.266 e. The number of pyridine rings is 1. The van der Waals surface area contributed by atoms with E-state index in [9.17, 15) is 18.0 Å². The van der Waals surface area contributed by atoms with E-state index in [1.54, 1.807) is 24.9 Å². The van der Waals surface area contributed by atoms with Crippen molar-refractivity contribution in [1.82, 2.24) is 19.9 Å². The molecule has 0 saturated carbocycles. The normalized spacial score (nSPS) is 15.1. The summed E-state index contributed by atoms with van der Waals surface area (Å²) in [7, 11) is 0. The van der Waals surface area contributed by atoms with Crippen LogP contribution < -0.4 is 16.0 Å². The molecule has 11 heteroatoms. The Kier molecular flexibility index (Phi) is 7.34. The number of halogens is 3. The van der Waals surface area contributed by atoms with Crippen LogP contribution in [0.3, 0.4) is 0 Å². The van der Waals surface area contributed by atoms with E-state index in [1.807, 2.05) is 6.07 Å². The van der Waals surface area contributed by atoms with Gasteiger partial charge in [-0.15, -0.1) is 0 Å². The Labute approximate surface area is 201 Å². The number of anilines is 2. The number of nitrogens with zero attached hydrogens (tertiary/aromatic N) is 5. The lowest BCUT2D eigenvalue weighted by Gasteiger charge is -2.35. The van der Waals surface area contributed by atoms with Gasteiger partial charge in [0.25, 0.3) is 6.43 Å². The van der Waals surface area contributed by atoms with Crippen LogP contribution in [-0.2, 0) is 4.79 Å². The molecule has 0 unspecified atom stereocenters. The smallest absolute Gasteiger partial charge is 0.266 e. The van der Waals surface area contributed by atoms with Crippen molar-refractivity contribution in [3.63, 3.8) is 0 Å². The molecule has 3 aromatic rings. The molecule has 35 heavy (non-hydrogen) atoms. The van der Waals surface area contributed by atoms with Gasteiger partial charge in [0.2, 0.25) is 5.91 Å². The number of nitrogens with two attached hydrogens (primary N) is 1. The number of fused-ring (bicyclic) bond motifs is 1. The second kappa shape index (κ2) is 10.4. The SMILES string of the molecule is Cc1nc(N[C@H](C)c2cccc(C(F)F)c2F)c2cc(N3CCN(C(=O)CCN)CC3)ncc2n1. The summed E-state index contributed by atoms with van der Waals surface area (Å²) in [6.07, 6.45) is -0.915. The second-order valence-electron chi connectivity index (χ2n) is 8.50. The van der Waals surface area contributed by atoms with Gasteiger partial charge in [-0.25, -0.2) is 28.1 Å². The molecular formula is C24H28F3N7O. The number of benzene rings is 1. The van der Waals surface area contributed by atoms with Gasteiger partial charge in [0.1, 0.15) is 23.3 Å². The van der Waals surface area contributed by atoms with Crippen LogP contribution in [0.15, 0.2) is 30.5 Å². The summed E-state index contributed by atoms with van der Waals surface area (Å²) in [4.78, 5) is 29.5. The number of nitrogens with one attached hydrogen (secondary N) is 1. The van der Waals surface area contributed by atoms with Crippen molar-refractivity contribution in [2.24, 2.45) is 5.73 Å². The molecule has 186 valence electrons. The highest BCUT2D eigenvalue weighted by Gasteiger charge is 2.23. The lowest BCUT2D eigenvalue weighted by atomic mass is 10.0. The number of amides is 1. The number of alkyl halides is 2. The molecule has 1 aliphatic rings. The predicted octanol–water partition coefficient (Wildman–Crippen LogP) is 3.58. The molecule has 1 amide bonds. The van der Waals surface area contributed by atoms with Crippen molar-refractivity contribution in [1.29, 1.82) is 0 Å². The molecule has 1 aliphatic heterocycles. The van der Waals surface area contributed by atoms with Crippen LogP contribution in [-0.4, -0.2) is 58.5 Å². The standard InChI is InChI=1S/C24H28F3N7O/c1-14(16-4-3-5-17(22(16)25)23(26)27)30-24-18-12-20(29-13-19(18)31-15(2)32-24)33-8-10-34(11-9-33)21(35)6-7-28/h3-5,12-14,23H,6-11,28H2,1-2H3,(H,30,31,32)/t14-/m1/s1. The monoisotopic (exact) mass is 487 g/mol. The molecule has 1 fully saturated rings. The first-order valence-corrected chi connectivity index (χ1v) is 11.5. The van der Waals surface area contributed by atoms with Crippen LogP contribution in [0.1, 0.15) is 42.8 Å². The summed E-state index contributed by atoms with van der Waals surface area (Å²) in [6.45, 7) is 6.14. The van der Waals surface area contributed by atoms with Crippen LogP contribution in [0.5, 0.6) is 0 Å². The number of hydrogen-bond acceptors (Lipinski definition) is 7. The number of hydrogen-bond donors (Lipinski definition) is 2. The molecule has 3 heterocycles. The third kappa shape index (κ3) is 5.29. The molecule has 0 spiro atoms. The van der Waals surface area contributed by atoms with E-state index < -0.39 is 23.8 Å². The summed E-state index contributed by atoms with van der Waals surface area (Å²) in [5.41, 5.74) is 5.59.